The lowest BCUT2D eigenvalue weighted by Gasteiger charge is -2.36. The zero-order valence-corrected chi connectivity index (χ0v) is 19.2. The fourth-order valence-electron chi connectivity index (χ4n) is 4.82. The van der Waals surface area contributed by atoms with E-state index in [1.165, 1.54) is 31.2 Å². The molecule has 3 aromatic heterocycles. The summed E-state index contributed by atoms with van der Waals surface area (Å²) in [7, 11) is 1.94. The highest BCUT2D eigenvalue weighted by atomic mass is 32.1. The van der Waals surface area contributed by atoms with Crippen LogP contribution >= 0.6 is 12.8 Å². The van der Waals surface area contributed by atoms with E-state index in [1.54, 1.807) is 0 Å². The minimum atomic E-state index is 0.578. The van der Waals surface area contributed by atoms with Gasteiger partial charge in [0.05, 0.1) is 12.8 Å². The molecule has 0 unspecified atom stereocenters. The van der Waals surface area contributed by atoms with Crippen molar-refractivity contribution in [3.8, 4) is 11.1 Å². The van der Waals surface area contributed by atoms with Gasteiger partial charge in [-0.15, -0.1) is 0 Å². The third-order valence-electron chi connectivity index (χ3n) is 6.48. The summed E-state index contributed by atoms with van der Waals surface area (Å²) in [5.41, 5.74) is 4.50. The van der Waals surface area contributed by atoms with Crippen molar-refractivity contribution in [3.63, 3.8) is 0 Å². The van der Waals surface area contributed by atoms with Crippen molar-refractivity contribution in [2.24, 2.45) is 7.05 Å². The molecule has 1 aliphatic carbocycles. The Labute approximate surface area is 184 Å². The summed E-state index contributed by atoms with van der Waals surface area (Å²) < 4.78 is 9.22. The normalized spacial score (nSPS) is 19.8. The monoisotopic (exact) mass is 427 g/mol. The summed E-state index contributed by atoms with van der Waals surface area (Å²) in [6.45, 7) is 8.10. The molecule has 1 saturated carbocycles. The van der Waals surface area contributed by atoms with Crippen LogP contribution in [0.2, 0.25) is 0 Å². The van der Waals surface area contributed by atoms with Gasteiger partial charge in [0.2, 0.25) is 0 Å². The molecule has 4 rings (SSSR count). The maximum Gasteiger partial charge on any atom is 0.150 e. The fraction of sp³-hybridized carbons (Fsp3) is 0.565. The van der Waals surface area contributed by atoms with E-state index in [-0.39, 0.29) is 0 Å². The average Bonchev–Trinajstić information content (AvgIpc) is 3.34. The van der Waals surface area contributed by atoms with Gasteiger partial charge in [0.1, 0.15) is 5.65 Å². The molecule has 0 saturated heterocycles. The molecule has 7 heteroatoms. The number of aromatic nitrogens is 4. The Morgan fingerprint density at radius 3 is 2.63 bits per heavy atom. The first-order chi connectivity index (χ1) is 14.6. The second-order valence-electron chi connectivity index (χ2n) is 8.26. The van der Waals surface area contributed by atoms with E-state index in [4.69, 9.17) is 9.72 Å². The van der Waals surface area contributed by atoms with Crippen molar-refractivity contribution in [2.75, 3.05) is 26.3 Å². The van der Waals surface area contributed by atoms with Crippen molar-refractivity contribution >= 4 is 23.8 Å². The minimum absolute atomic E-state index is 0.578. The highest BCUT2D eigenvalue weighted by molar-refractivity contribution is 7.78. The molecule has 0 amide bonds. The lowest BCUT2D eigenvalue weighted by Crippen LogP contribution is -2.39. The Morgan fingerprint density at radius 2 is 1.97 bits per heavy atom. The topological polar surface area (TPSA) is 48.1 Å². The summed E-state index contributed by atoms with van der Waals surface area (Å²) in [6.07, 6.45) is 13.0. The van der Waals surface area contributed by atoms with E-state index in [9.17, 15) is 0 Å². The molecule has 3 aromatic rings. The van der Waals surface area contributed by atoms with Crippen LogP contribution in [0.3, 0.4) is 0 Å². The Morgan fingerprint density at radius 1 is 1.17 bits per heavy atom. The number of likely N-dealkylation sites (N-methyl/N-ethyl adjacent to an activating group) is 1. The van der Waals surface area contributed by atoms with Gasteiger partial charge in [-0.2, -0.15) is 5.10 Å². The summed E-state index contributed by atoms with van der Waals surface area (Å²) in [4.78, 5) is 7.35. The largest absolute Gasteiger partial charge is 0.380 e. The molecule has 0 atom stereocenters. The molecule has 0 spiro atoms. The zero-order chi connectivity index (χ0) is 21.1. The quantitative estimate of drug-likeness (QED) is 0.424. The molecule has 1 fully saturated rings. The van der Waals surface area contributed by atoms with Crippen LogP contribution in [-0.2, 0) is 11.8 Å². The number of nitrogens with zero attached hydrogens (tertiary/aromatic N) is 5. The van der Waals surface area contributed by atoms with Crippen molar-refractivity contribution in [1.82, 2.24) is 23.6 Å². The Balaban J connectivity index is 1.49. The van der Waals surface area contributed by atoms with Gasteiger partial charge in [-0.05, 0) is 56.7 Å². The Hall–Kier alpha value is -1.83. The zero-order valence-electron chi connectivity index (χ0n) is 18.3. The van der Waals surface area contributed by atoms with Gasteiger partial charge in [0.15, 0.2) is 0 Å². The molecule has 0 aromatic carbocycles. The molecule has 0 N–H and O–H groups in total. The van der Waals surface area contributed by atoms with Gasteiger partial charge in [-0.25, -0.2) is 4.98 Å². The minimum Gasteiger partial charge on any atom is -0.380 e. The van der Waals surface area contributed by atoms with Crippen LogP contribution in [0.4, 0.5) is 0 Å². The molecule has 0 aliphatic heterocycles. The second kappa shape index (κ2) is 9.54. The molecule has 3 heterocycles. The van der Waals surface area contributed by atoms with Gasteiger partial charge in [0, 0.05) is 61.3 Å². The summed E-state index contributed by atoms with van der Waals surface area (Å²) in [6, 6.07) is 3.00. The van der Waals surface area contributed by atoms with Crippen LogP contribution in [0.15, 0.2) is 30.9 Å². The van der Waals surface area contributed by atoms with E-state index in [0.717, 1.165) is 48.5 Å². The molecule has 6 nitrogen and oxygen atoms in total. The first-order valence-corrected chi connectivity index (χ1v) is 11.5. The van der Waals surface area contributed by atoms with E-state index < -0.39 is 0 Å². The second-order valence-corrected chi connectivity index (χ2v) is 8.69. The van der Waals surface area contributed by atoms with E-state index in [1.807, 2.05) is 34.3 Å². The van der Waals surface area contributed by atoms with Gasteiger partial charge < -0.3 is 4.74 Å². The predicted octanol–water partition coefficient (Wildman–Crippen LogP) is 4.51. The lowest BCUT2D eigenvalue weighted by atomic mass is 9.81. The van der Waals surface area contributed by atoms with Gasteiger partial charge in [0.25, 0.3) is 0 Å². The van der Waals surface area contributed by atoms with E-state index in [2.05, 4.69) is 48.9 Å². The van der Waals surface area contributed by atoms with Crippen molar-refractivity contribution < 1.29 is 4.74 Å². The van der Waals surface area contributed by atoms with Crippen LogP contribution in [0.25, 0.3) is 22.2 Å². The number of fused-ring (bicyclic) bond motifs is 1. The van der Waals surface area contributed by atoms with Crippen LogP contribution in [0, 0.1) is 0 Å². The third kappa shape index (κ3) is 4.43. The summed E-state index contributed by atoms with van der Waals surface area (Å²) >= 11 is 4.58. The predicted molar refractivity (Wildman–Crippen MR) is 125 cm³/mol. The molecule has 1 aliphatic rings. The standard InChI is InChI=1S/C23H33N5OS/c1-4-27(10-11-29-5-2)20-8-6-17(7-9-20)18-12-21-22(19-14-25-26(3)15-19)16-28(30)23(21)24-13-18/h12-17,20,30H,4-11H2,1-3H3/t17-,20+. The van der Waals surface area contributed by atoms with Crippen molar-refractivity contribution in [3.05, 3.63) is 36.4 Å². The molecule has 0 radical (unpaired) electrons. The maximum atomic E-state index is 5.58. The number of aryl methyl sites for hydroxylation is 1. The lowest BCUT2D eigenvalue weighted by molar-refractivity contribution is 0.0834. The molecule has 0 bridgehead atoms. The SMILES string of the molecule is CCOCCN(CC)[C@H]1CC[C@@H](c2cnc3c(c2)c(-c2cnn(C)c2)cn3S)CC1. The Kier molecular flexibility index (Phi) is 6.80. The van der Waals surface area contributed by atoms with Gasteiger partial charge >= 0.3 is 0 Å². The summed E-state index contributed by atoms with van der Waals surface area (Å²) in [5.74, 6) is 0.578. The summed E-state index contributed by atoms with van der Waals surface area (Å²) in [5, 5.41) is 5.49. The van der Waals surface area contributed by atoms with Crippen LogP contribution in [-0.4, -0.2) is 56.0 Å². The number of ether oxygens (including phenoxy) is 1. The highest BCUT2D eigenvalue weighted by Crippen LogP contribution is 2.37. The maximum absolute atomic E-state index is 5.58. The van der Waals surface area contributed by atoms with Gasteiger partial charge in [-0.1, -0.05) is 19.7 Å². The van der Waals surface area contributed by atoms with E-state index in [0.29, 0.717) is 12.0 Å². The number of hydrogen-bond donors (Lipinski definition) is 1. The highest BCUT2D eigenvalue weighted by Gasteiger charge is 2.26. The van der Waals surface area contributed by atoms with Gasteiger partial charge in [-0.3, -0.25) is 13.6 Å². The molecule has 30 heavy (non-hydrogen) atoms. The molecular formula is C23H33N5OS. The number of rotatable bonds is 8. The smallest absolute Gasteiger partial charge is 0.150 e. The van der Waals surface area contributed by atoms with Crippen molar-refractivity contribution in [1.29, 1.82) is 0 Å². The number of hydrogen-bond acceptors (Lipinski definition) is 5. The first kappa shape index (κ1) is 21.4. The fourth-order valence-corrected chi connectivity index (χ4v) is 5.10. The molecule has 162 valence electrons. The van der Waals surface area contributed by atoms with Crippen molar-refractivity contribution in [2.45, 2.75) is 51.5 Å². The van der Waals surface area contributed by atoms with E-state index >= 15 is 0 Å². The van der Waals surface area contributed by atoms with Crippen LogP contribution < -0.4 is 0 Å². The average molecular weight is 428 g/mol. The van der Waals surface area contributed by atoms with Crippen LogP contribution in [0.1, 0.15) is 51.0 Å². The third-order valence-corrected chi connectivity index (χ3v) is 6.78. The Bertz CT molecular complexity index is 973. The number of thiol groups is 1. The first-order valence-electron chi connectivity index (χ1n) is 11.1. The molecular weight excluding hydrogens is 394 g/mol. The number of pyridine rings is 1. The van der Waals surface area contributed by atoms with Crippen LogP contribution in [0.5, 0.6) is 0 Å².